The third-order valence-electron chi connectivity index (χ3n) is 3.67. The Morgan fingerprint density at radius 1 is 1.45 bits per heavy atom. The Balaban J connectivity index is 2.52. The molecule has 120 valence electrons. The summed E-state index contributed by atoms with van der Waals surface area (Å²) >= 11 is 0. The Morgan fingerprint density at radius 3 is 2.85 bits per heavy atom. The number of nitrogens with one attached hydrogen (secondary N) is 1. The summed E-state index contributed by atoms with van der Waals surface area (Å²) in [5, 5.41) is 3.39. The molecule has 0 spiro atoms. The van der Waals surface area contributed by atoms with Crippen LogP contribution in [0.1, 0.15) is 26.2 Å². The molecular formula is C13H29N3O3S. The van der Waals surface area contributed by atoms with Gasteiger partial charge in [-0.15, -0.1) is 0 Å². The number of ether oxygens (including phenoxy) is 1. The highest BCUT2D eigenvalue weighted by molar-refractivity contribution is 7.86. The monoisotopic (exact) mass is 307 g/mol. The van der Waals surface area contributed by atoms with Gasteiger partial charge in [0.1, 0.15) is 0 Å². The van der Waals surface area contributed by atoms with Crippen molar-refractivity contribution in [1.29, 1.82) is 0 Å². The molecule has 0 aromatic heterocycles. The number of methoxy groups -OCH3 is 1. The SMILES string of the molecule is CCCNCC1CCCN(S(=O)(=O)N(C)CCOC)C1. The van der Waals surface area contributed by atoms with E-state index >= 15 is 0 Å². The van der Waals surface area contributed by atoms with Crippen LogP contribution in [-0.2, 0) is 14.9 Å². The van der Waals surface area contributed by atoms with Gasteiger partial charge in [0.25, 0.3) is 10.2 Å². The summed E-state index contributed by atoms with van der Waals surface area (Å²) in [6, 6.07) is 0. The molecule has 1 heterocycles. The van der Waals surface area contributed by atoms with E-state index < -0.39 is 10.2 Å². The molecule has 0 aliphatic carbocycles. The Labute approximate surface area is 123 Å². The van der Waals surface area contributed by atoms with E-state index in [1.807, 2.05) is 0 Å². The van der Waals surface area contributed by atoms with Crippen LogP contribution in [0.4, 0.5) is 0 Å². The first-order valence-electron chi connectivity index (χ1n) is 7.43. The minimum absolute atomic E-state index is 0.397. The molecule has 0 bridgehead atoms. The van der Waals surface area contributed by atoms with Gasteiger partial charge in [0.2, 0.25) is 0 Å². The molecule has 1 N–H and O–H groups in total. The molecule has 0 amide bonds. The number of hydrogen-bond donors (Lipinski definition) is 1. The zero-order valence-corrected chi connectivity index (χ0v) is 13.8. The highest BCUT2D eigenvalue weighted by atomic mass is 32.2. The van der Waals surface area contributed by atoms with E-state index in [0.717, 1.165) is 32.4 Å². The van der Waals surface area contributed by atoms with Gasteiger partial charge in [-0.05, 0) is 38.3 Å². The maximum absolute atomic E-state index is 12.4. The van der Waals surface area contributed by atoms with Gasteiger partial charge in [-0.3, -0.25) is 0 Å². The van der Waals surface area contributed by atoms with Gasteiger partial charge in [0, 0.05) is 33.8 Å². The molecule has 0 saturated carbocycles. The van der Waals surface area contributed by atoms with E-state index in [2.05, 4.69) is 12.2 Å². The number of piperidine rings is 1. The zero-order chi connectivity index (χ0) is 15.0. The van der Waals surface area contributed by atoms with Crippen LogP contribution in [0.3, 0.4) is 0 Å². The van der Waals surface area contributed by atoms with Crippen LogP contribution in [0, 0.1) is 5.92 Å². The molecule has 1 unspecified atom stereocenters. The van der Waals surface area contributed by atoms with E-state index in [1.165, 1.54) is 4.31 Å². The van der Waals surface area contributed by atoms with Crippen molar-refractivity contribution in [2.24, 2.45) is 5.92 Å². The number of likely N-dealkylation sites (N-methyl/N-ethyl adjacent to an activating group) is 1. The molecule has 1 aliphatic rings. The van der Waals surface area contributed by atoms with Crippen LogP contribution >= 0.6 is 0 Å². The standard InChI is InChI=1S/C13H29N3O3S/c1-4-7-14-11-13-6-5-8-16(12-13)20(17,18)15(2)9-10-19-3/h13-14H,4-12H2,1-3H3. The predicted octanol–water partition coefficient (Wildman–Crippen LogP) is 0.521. The Kier molecular flexibility index (Phi) is 7.98. The van der Waals surface area contributed by atoms with Crippen molar-refractivity contribution in [2.75, 3.05) is 53.5 Å². The largest absolute Gasteiger partial charge is 0.383 e. The van der Waals surface area contributed by atoms with Gasteiger partial charge < -0.3 is 10.1 Å². The topological polar surface area (TPSA) is 61.9 Å². The molecule has 0 radical (unpaired) electrons. The molecule has 1 rings (SSSR count). The smallest absolute Gasteiger partial charge is 0.281 e. The van der Waals surface area contributed by atoms with Crippen LogP contribution in [-0.4, -0.2) is 70.5 Å². The molecule has 20 heavy (non-hydrogen) atoms. The Morgan fingerprint density at radius 2 is 2.20 bits per heavy atom. The minimum atomic E-state index is -3.34. The second-order valence-electron chi connectivity index (χ2n) is 5.39. The molecule has 0 aromatic rings. The fourth-order valence-electron chi connectivity index (χ4n) is 2.42. The molecule has 1 saturated heterocycles. The lowest BCUT2D eigenvalue weighted by molar-refractivity contribution is 0.179. The zero-order valence-electron chi connectivity index (χ0n) is 13.0. The van der Waals surface area contributed by atoms with E-state index in [0.29, 0.717) is 32.2 Å². The first-order chi connectivity index (χ1) is 9.52. The predicted molar refractivity (Wildman–Crippen MR) is 80.9 cm³/mol. The lowest BCUT2D eigenvalue weighted by Gasteiger charge is -2.34. The quantitative estimate of drug-likeness (QED) is 0.631. The molecule has 1 aliphatic heterocycles. The Bertz CT molecular complexity index is 362. The molecule has 1 fully saturated rings. The average molecular weight is 307 g/mol. The van der Waals surface area contributed by atoms with Gasteiger partial charge in [-0.2, -0.15) is 17.0 Å². The summed E-state index contributed by atoms with van der Waals surface area (Å²) in [5.74, 6) is 0.418. The van der Waals surface area contributed by atoms with Crippen molar-refractivity contribution in [2.45, 2.75) is 26.2 Å². The lowest BCUT2D eigenvalue weighted by Crippen LogP contribution is -2.48. The maximum Gasteiger partial charge on any atom is 0.281 e. The summed E-state index contributed by atoms with van der Waals surface area (Å²) < 4.78 is 32.8. The van der Waals surface area contributed by atoms with Crippen molar-refractivity contribution < 1.29 is 13.2 Å². The third kappa shape index (κ3) is 5.29. The van der Waals surface area contributed by atoms with E-state index in [-0.39, 0.29) is 0 Å². The molecule has 6 nitrogen and oxygen atoms in total. The Hall–Kier alpha value is -0.210. The number of hydrogen-bond acceptors (Lipinski definition) is 4. The van der Waals surface area contributed by atoms with Crippen LogP contribution in [0.5, 0.6) is 0 Å². The van der Waals surface area contributed by atoms with E-state index in [9.17, 15) is 8.42 Å². The van der Waals surface area contributed by atoms with E-state index in [4.69, 9.17) is 4.74 Å². The van der Waals surface area contributed by atoms with E-state index in [1.54, 1.807) is 18.5 Å². The second-order valence-corrected chi connectivity index (χ2v) is 7.43. The van der Waals surface area contributed by atoms with Crippen LogP contribution in [0.25, 0.3) is 0 Å². The van der Waals surface area contributed by atoms with Crippen molar-refractivity contribution in [3.05, 3.63) is 0 Å². The maximum atomic E-state index is 12.4. The first-order valence-corrected chi connectivity index (χ1v) is 8.83. The van der Waals surface area contributed by atoms with Gasteiger partial charge in [0.15, 0.2) is 0 Å². The van der Waals surface area contributed by atoms with Gasteiger partial charge in [-0.1, -0.05) is 6.92 Å². The van der Waals surface area contributed by atoms with Gasteiger partial charge in [0.05, 0.1) is 6.61 Å². The average Bonchev–Trinajstić information content (AvgIpc) is 2.45. The molecule has 0 aromatic carbocycles. The molecule has 7 heteroatoms. The van der Waals surface area contributed by atoms with Crippen LogP contribution < -0.4 is 5.32 Å². The van der Waals surface area contributed by atoms with Crippen LogP contribution in [0.15, 0.2) is 0 Å². The van der Waals surface area contributed by atoms with Crippen LogP contribution in [0.2, 0.25) is 0 Å². The number of rotatable bonds is 9. The molecule has 1 atom stereocenters. The highest BCUT2D eigenvalue weighted by Crippen LogP contribution is 2.20. The number of nitrogens with zero attached hydrogens (tertiary/aromatic N) is 2. The summed E-state index contributed by atoms with van der Waals surface area (Å²) in [7, 11) is -0.140. The first kappa shape index (κ1) is 17.8. The van der Waals surface area contributed by atoms with Gasteiger partial charge in [-0.25, -0.2) is 0 Å². The summed E-state index contributed by atoms with van der Waals surface area (Å²) in [4.78, 5) is 0. The van der Waals surface area contributed by atoms with Gasteiger partial charge >= 0.3 is 0 Å². The van der Waals surface area contributed by atoms with Crippen molar-refractivity contribution in [3.8, 4) is 0 Å². The van der Waals surface area contributed by atoms with Crippen molar-refractivity contribution in [1.82, 2.24) is 13.9 Å². The molecular weight excluding hydrogens is 278 g/mol. The minimum Gasteiger partial charge on any atom is -0.383 e. The summed E-state index contributed by atoms with van der Waals surface area (Å²) in [6.07, 6.45) is 3.15. The summed E-state index contributed by atoms with van der Waals surface area (Å²) in [6.45, 7) is 6.10. The second kappa shape index (κ2) is 8.94. The lowest BCUT2D eigenvalue weighted by atomic mass is 10.00. The normalized spacial score (nSPS) is 21.5. The summed E-state index contributed by atoms with van der Waals surface area (Å²) in [5.41, 5.74) is 0. The fourth-order valence-corrected chi connectivity index (χ4v) is 3.88. The fraction of sp³-hybridized carbons (Fsp3) is 1.00. The third-order valence-corrected chi connectivity index (χ3v) is 5.63. The van der Waals surface area contributed by atoms with Crippen molar-refractivity contribution >= 4 is 10.2 Å². The van der Waals surface area contributed by atoms with Crippen molar-refractivity contribution in [3.63, 3.8) is 0 Å². The highest BCUT2D eigenvalue weighted by Gasteiger charge is 2.31.